The molecule has 0 amide bonds. The van der Waals surface area contributed by atoms with Crippen LogP contribution in [0.15, 0.2) is 18.2 Å². The normalized spacial score (nSPS) is 11.9. The van der Waals surface area contributed by atoms with Gasteiger partial charge in [0.15, 0.2) is 0 Å². The van der Waals surface area contributed by atoms with Crippen LogP contribution in [0.1, 0.15) is 51.7 Å². The summed E-state index contributed by atoms with van der Waals surface area (Å²) in [6, 6.07) is 6.34. The van der Waals surface area contributed by atoms with Gasteiger partial charge in [-0.2, -0.15) is 0 Å². The summed E-state index contributed by atoms with van der Waals surface area (Å²) >= 11 is 0. The van der Waals surface area contributed by atoms with E-state index >= 15 is 0 Å². The SMILES string of the molecule is Cc1ccc(OC(C)(C)C)cc1C(C)C. The molecular weight excluding hydrogens is 184 g/mol. The Morgan fingerprint density at radius 3 is 2.20 bits per heavy atom. The Hall–Kier alpha value is -0.980. The molecule has 0 aliphatic carbocycles. The molecule has 0 atom stereocenters. The van der Waals surface area contributed by atoms with Crippen molar-refractivity contribution in [1.29, 1.82) is 0 Å². The van der Waals surface area contributed by atoms with Crippen LogP contribution in [0.25, 0.3) is 0 Å². The molecule has 0 saturated heterocycles. The van der Waals surface area contributed by atoms with Crippen LogP contribution in [0.4, 0.5) is 0 Å². The quantitative estimate of drug-likeness (QED) is 0.701. The molecule has 0 aliphatic heterocycles. The number of ether oxygens (including phenoxy) is 1. The van der Waals surface area contributed by atoms with Crippen molar-refractivity contribution < 1.29 is 4.74 Å². The summed E-state index contributed by atoms with van der Waals surface area (Å²) in [6.45, 7) is 12.8. The Bertz CT molecular complexity index is 332. The zero-order valence-corrected chi connectivity index (χ0v) is 10.7. The fourth-order valence-electron chi connectivity index (χ4n) is 1.66. The monoisotopic (exact) mass is 206 g/mol. The maximum Gasteiger partial charge on any atom is 0.120 e. The van der Waals surface area contributed by atoms with Crippen molar-refractivity contribution in [1.82, 2.24) is 0 Å². The second-order valence-electron chi connectivity index (χ2n) is 5.39. The van der Waals surface area contributed by atoms with E-state index in [0.29, 0.717) is 5.92 Å². The van der Waals surface area contributed by atoms with E-state index < -0.39 is 0 Å². The van der Waals surface area contributed by atoms with Crippen molar-refractivity contribution in [3.05, 3.63) is 29.3 Å². The first-order valence-electron chi connectivity index (χ1n) is 5.59. The third-order valence-electron chi connectivity index (χ3n) is 2.30. The topological polar surface area (TPSA) is 9.23 Å². The average Bonchev–Trinajstić information content (AvgIpc) is 2.05. The van der Waals surface area contributed by atoms with Crippen molar-refractivity contribution in [2.24, 2.45) is 0 Å². The molecule has 0 radical (unpaired) electrons. The maximum absolute atomic E-state index is 5.85. The van der Waals surface area contributed by atoms with Crippen molar-refractivity contribution in [3.8, 4) is 5.75 Å². The molecule has 0 aromatic heterocycles. The third-order valence-corrected chi connectivity index (χ3v) is 2.30. The van der Waals surface area contributed by atoms with E-state index in [9.17, 15) is 0 Å². The smallest absolute Gasteiger partial charge is 0.120 e. The first-order chi connectivity index (χ1) is 6.79. The van der Waals surface area contributed by atoms with Gasteiger partial charge >= 0.3 is 0 Å². The molecule has 0 fully saturated rings. The van der Waals surface area contributed by atoms with E-state index in [-0.39, 0.29) is 5.60 Å². The van der Waals surface area contributed by atoms with E-state index in [0.717, 1.165) is 5.75 Å². The lowest BCUT2D eigenvalue weighted by Gasteiger charge is -2.22. The van der Waals surface area contributed by atoms with Gasteiger partial charge in [0.2, 0.25) is 0 Å². The Morgan fingerprint density at radius 2 is 1.73 bits per heavy atom. The number of benzene rings is 1. The van der Waals surface area contributed by atoms with Crippen LogP contribution >= 0.6 is 0 Å². The molecule has 0 bridgehead atoms. The van der Waals surface area contributed by atoms with Crippen molar-refractivity contribution in [2.75, 3.05) is 0 Å². The average molecular weight is 206 g/mol. The molecule has 84 valence electrons. The van der Waals surface area contributed by atoms with Crippen LogP contribution in [0, 0.1) is 6.92 Å². The van der Waals surface area contributed by atoms with E-state index in [1.165, 1.54) is 11.1 Å². The van der Waals surface area contributed by atoms with Crippen LogP contribution in [-0.4, -0.2) is 5.60 Å². The molecule has 0 heterocycles. The van der Waals surface area contributed by atoms with Crippen molar-refractivity contribution >= 4 is 0 Å². The minimum absolute atomic E-state index is 0.122. The highest BCUT2D eigenvalue weighted by atomic mass is 16.5. The summed E-state index contributed by atoms with van der Waals surface area (Å²) < 4.78 is 5.85. The van der Waals surface area contributed by atoms with Crippen LogP contribution in [0.5, 0.6) is 5.75 Å². The van der Waals surface area contributed by atoms with Gasteiger partial charge in [-0.3, -0.25) is 0 Å². The standard InChI is InChI=1S/C14H22O/c1-10(2)13-9-12(8-7-11(13)3)15-14(4,5)6/h7-10H,1-6H3. The van der Waals surface area contributed by atoms with Gasteiger partial charge in [0, 0.05) is 0 Å². The van der Waals surface area contributed by atoms with E-state index in [4.69, 9.17) is 4.74 Å². The Balaban J connectivity index is 2.98. The van der Waals surface area contributed by atoms with E-state index in [1.54, 1.807) is 0 Å². The number of hydrogen-bond donors (Lipinski definition) is 0. The second-order valence-corrected chi connectivity index (χ2v) is 5.39. The highest BCUT2D eigenvalue weighted by Gasteiger charge is 2.13. The highest BCUT2D eigenvalue weighted by molar-refractivity contribution is 5.36. The molecule has 1 nitrogen and oxygen atoms in total. The molecule has 0 N–H and O–H groups in total. The fourth-order valence-corrected chi connectivity index (χ4v) is 1.66. The van der Waals surface area contributed by atoms with Crippen LogP contribution < -0.4 is 4.74 Å². The zero-order chi connectivity index (χ0) is 11.6. The van der Waals surface area contributed by atoms with Crippen LogP contribution in [-0.2, 0) is 0 Å². The Labute approximate surface area is 93.5 Å². The van der Waals surface area contributed by atoms with Crippen molar-refractivity contribution in [2.45, 2.75) is 53.1 Å². The molecule has 1 aromatic rings. The first kappa shape index (κ1) is 12.1. The summed E-state index contributed by atoms with van der Waals surface area (Å²) in [5, 5.41) is 0. The van der Waals surface area contributed by atoms with Gasteiger partial charge in [0.25, 0.3) is 0 Å². The van der Waals surface area contributed by atoms with Gasteiger partial charge in [-0.15, -0.1) is 0 Å². The lowest BCUT2D eigenvalue weighted by atomic mass is 9.98. The van der Waals surface area contributed by atoms with Crippen LogP contribution in [0.3, 0.4) is 0 Å². The number of aryl methyl sites for hydroxylation is 1. The van der Waals surface area contributed by atoms with Gasteiger partial charge in [0.05, 0.1) is 0 Å². The minimum Gasteiger partial charge on any atom is -0.488 e. The maximum atomic E-state index is 5.85. The van der Waals surface area contributed by atoms with E-state index in [1.807, 2.05) is 6.07 Å². The number of rotatable bonds is 2. The molecule has 1 heteroatoms. The van der Waals surface area contributed by atoms with Crippen LogP contribution in [0.2, 0.25) is 0 Å². The van der Waals surface area contributed by atoms with Gasteiger partial charge in [-0.1, -0.05) is 19.9 Å². The van der Waals surface area contributed by atoms with Gasteiger partial charge in [-0.25, -0.2) is 0 Å². The molecule has 0 aliphatic rings. The largest absolute Gasteiger partial charge is 0.488 e. The molecule has 15 heavy (non-hydrogen) atoms. The van der Waals surface area contributed by atoms with Crippen molar-refractivity contribution in [3.63, 3.8) is 0 Å². The summed E-state index contributed by atoms with van der Waals surface area (Å²) in [4.78, 5) is 0. The molecule has 0 saturated carbocycles. The fraction of sp³-hybridized carbons (Fsp3) is 0.571. The van der Waals surface area contributed by atoms with E-state index in [2.05, 4.69) is 53.7 Å². The zero-order valence-electron chi connectivity index (χ0n) is 10.7. The van der Waals surface area contributed by atoms with Gasteiger partial charge in [-0.05, 0) is 56.9 Å². The number of hydrogen-bond acceptors (Lipinski definition) is 1. The predicted molar refractivity (Wildman–Crippen MR) is 65.6 cm³/mol. The summed E-state index contributed by atoms with van der Waals surface area (Å²) in [6.07, 6.45) is 0. The van der Waals surface area contributed by atoms with Gasteiger partial charge < -0.3 is 4.74 Å². The Kier molecular flexibility index (Phi) is 3.43. The summed E-state index contributed by atoms with van der Waals surface area (Å²) in [5.74, 6) is 1.52. The third kappa shape index (κ3) is 3.58. The summed E-state index contributed by atoms with van der Waals surface area (Å²) in [5.41, 5.74) is 2.59. The molecule has 0 spiro atoms. The molecule has 1 rings (SSSR count). The Morgan fingerprint density at radius 1 is 1.13 bits per heavy atom. The predicted octanol–water partition coefficient (Wildman–Crippen LogP) is 4.30. The minimum atomic E-state index is -0.122. The molecule has 1 aromatic carbocycles. The second kappa shape index (κ2) is 4.26. The molecule has 0 unspecified atom stereocenters. The first-order valence-corrected chi connectivity index (χ1v) is 5.59. The summed E-state index contributed by atoms with van der Waals surface area (Å²) in [7, 11) is 0. The highest BCUT2D eigenvalue weighted by Crippen LogP contribution is 2.26. The molecular formula is C14H22O. The van der Waals surface area contributed by atoms with Gasteiger partial charge in [0.1, 0.15) is 11.4 Å². The lowest BCUT2D eigenvalue weighted by molar-refractivity contribution is 0.131. The lowest BCUT2D eigenvalue weighted by Crippen LogP contribution is -2.23.